The Labute approximate surface area is 165 Å². The van der Waals surface area contributed by atoms with E-state index < -0.39 is 17.3 Å². The Hall–Kier alpha value is -2.09. The van der Waals surface area contributed by atoms with Crippen LogP contribution in [0, 0.1) is 5.82 Å². The molecule has 3 rings (SSSR count). The summed E-state index contributed by atoms with van der Waals surface area (Å²) in [7, 11) is 2.06. The highest BCUT2D eigenvalue weighted by Crippen LogP contribution is 2.34. The molecule has 6 nitrogen and oxygen atoms in total. The molecular weight excluding hydrogens is 398 g/mol. The van der Waals surface area contributed by atoms with Gasteiger partial charge in [-0.05, 0) is 26.0 Å². The van der Waals surface area contributed by atoms with Crippen molar-refractivity contribution in [2.24, 2.45) is 0 Å². The van der Waals surface area contributed by atoms with Gasteiger partial charge in [0.1, 0.15) is 28.4 Å². The smallest absolute Gasteiger partial charge is 0.338 e. The minimum Gasteiger partial charge on any atom is -0.478 e. The molecule has 1 saturated heterocycles. The van der Waals surface area contributed by atoms with Crippen LogP contribution in [0.5, 0.6) is 17.4 Å². The van der Waals surface area contributed by atoms with Crippen molar-refractivity contribution in [3.05, 3.63) is 45.8 Å². The summed E-state index contributed by atoms with van der Waals surface area (Å²) in [5, 5.41) is 9.11. The van der Waals surface area contributed by atoms with E-state index in [4.69, 9.17) is 37.8 Å². The van der Waals surface area contributed by atoms with Gasteiger partial charge in [-0.25, -0.2) is 14.2 Å². The summed E-state index contributed by atoms with van der Waals surface area (Å²) in [5.74, 6) is -1.89. The lowest BCUT2D eigenvalue weighted by atomic mass is 10.1. The van der Waals surface area contributed by atoms with Crippen molar-refractivity contribution < 1.29 is 23.8 Å². The van der Waals surface area contributed by atoms with Crippen molar-refractivity contribution in [1.82, 2.24) is 9.88 Å². The summed E-state index contributed by atoms with van der Waals surface area (Å²) in [6.07, 6.45) is 3.20. The molecule has 0 bridgehead atoms. The molecule has 0 amide bonds. The van der Waals surface area contributed by atoms with Gasteiger partial charge in [0.05, 0.1) is 16.8 Å². The third-order valence-electron chi connectivity index (χ3n) is 4.21. The molecule has 0 saturated carbocycles. The maximum Gasteiger partial charge on any atom is 0.338 e. The number of nitrogens with zero attached hydrogens (tertiary/aromatic N) is 2. The number of hydrogen-bond acceptors (Lipinski definition) is 5. The molecule has 1 aromatic heterocycles. The normalized spacial score (nSPS) is 15.6. The molecule has 2 aromatic rings. The highest BCUT2D eigenvalue weighted by atomic mass is 35.5. The van der Waals surface area contributed by atoms with Crippen molar-refractivity contribution in [3.63, 3.8) is 0 Å². The van der Waals surface area contributed by atoms with Gasteiger partial charge < -0.3 is 19.5 Å². The molecule has 0 unspecified atom stereocenters. The van der Waals surface area contributed by atoms with Crippen molar-refractivity contribution >= 4 is 29.2 Å². The third kappa shape index (κ3) is 4.80. The summed E-state index contributed by atoms with van der Waals surface area (Å²) < 4.78 is 25.2. The van der Waals surface area contributed by atoms with E-state index in [1.54, 1.807) is 0 Å². The number of carboxylic acid groups (broad SMARTS) is 1. The van der Waals surface area contributed by atoms with E-state index in [2.05, 4.69) is 16.9 Å². The molecule has 1 N–H and O–H groups in total. The Balaban J connectivity index is 1.72. The second-order valence-corrected chi connectivity index (χ2v) is 7.06. The summed E-state index contributed by atoms with van der Waals surface area (Å²) in [6, 6.07) is 3.38. The topological polar surface area (TPSA) is 71.9 Å². The number of hydrogen-bond donors (Lipinski definition) is 1. The maximum absolute atomic E-state index is 13.8. The van der Waals surface area contributed by atoms with Crippen LogP contribution in [0.1, 0.15) is 23.2 Å². The van der Waals surface area contributed by atoms with Gasteiger partial charge in [0.25, 0.3) is 0 Å². The van der Waals surface area contributed by atoms with Gasteiger partial charge >= 0.3 is 5.97 Å². The van der Waals surface area contributed by atoms with Gasteiger partial charge in [0.15, 0.2) is 0 Å². The minimum absolute atomic E-state index is 0.0407. The van der Waals surface area contributed by atoms with Gasteiger partial charge in [-0.1, -0.05) is 23.2 Å². The van der Waals surface area contributed by atoms with Crippen molar-refractivity contribution in [3.8, 4) is 17.4 Å². The highest BCUT2D eigenvalue weighted by Gasteiger charge is 2.20. The van der Waals surface area contributed by atoms with Crippen LogP contribution < -0.4 is 9.47 Å². The molecular formula is C18H17Cl2FN2O4. The molecule has 0 spiro atoms. The third-order valence-corrected chi connectivity index (χ3v) is 4.77. The second-order valence-electron chi connectivity index (χ2n) is 6.25. The summed E-state index contributed by atoms with van der Waals surface area (Å²) in [6.45, 7) is 1.89. The fourth-order valence-electron chi connectivity index (χ4n) is 2.71. The Morgan fingerprint density at radius 1 is 1.26 bits per heavy atom. The van der Waals surface area contributed by atoms with Crippen LogP contribution in [0.4, 0.5) is 4.39 Å². The molecule has 0 atom stereocenters. The molecule has 27 heavy (non-hydrogen) atoms. The van der Waals surface area contributed by atoms with Gasteiger partial charge in [0, 0.05) is 25.2 Å². The summed E-state index contributed by atoms with van der Waals surface area (Å²) in [5.41, 5.74) is -0.537. The van der Waals surface area contributed by atoms with Gasteiger partial charge in [-0.3, -0.25) is 0 Å². The zero-order valence-corrected chi connectivity index (χ0v) is 15.9. The number of carboxylic acids is 1. The van der Waals surface area contributed by atoms with Gasteiger partial charge in [0.2, 0.25) is 5.88 Å². The molecule has 1 aromatic carbocycles. The monoisotopic (exact) mass is 414 g/mol. The average molecular weight is 415 g/mol. The molecule has 9 heteroatoms. The first-order chi connectivity index (χ1) is 12.8. The number of rotatable bonds is 5. The fourth-order valence-corrected chi connectivity index (χ4v) is 3.11. The first kappa shape index (κ1) is 19.7. The van der Waals surface area contributed by atoms with Crippen LogP contribution in [0.25, 0.3) is 0 Å². The van der Waals surface area contributed by atoms with Crippen LogP contribution in [-0.2, 0) is 0 Å². The molecule has 0 aliphatic carbocycles. The van der Waals surface area contributed by atoms with Crippen molar-refractivity contribution in [1.29, 1.82) is 0 Å². The van der Waals surface area contributed by atoms with E-state index in [-0.39, 0.29) is 27.6 Å². The first-order valence-corrected chi connectivity index (χ1v) is 9.00. The van der Waals surface area contributed by atoms with E-state index in [1.807, 2.05) is 0 Å². The number of aromatic nitrogens is 1. The number of aromatic carboxylic acids is 1. The number of likely N-dealkylation sites (tertiary alicyclic amines) is 1. The molecule has 0 radical (unpaired) electrons. The number of ether oxygens (including phenoxy) is 2. The maximum atomic E-state index is 13.8. The average Bonchev–Trinajstić information content (AvgIpc) is 2.61. The molecule has 2 heterocycles. The Kier molecular flexibility index (Phi) is 6.04. The van der Waals surface area contributed by atoms with E-state index in [9.17, 15) is 9.18 Å². The van der Waals surface area contributed by atoms with E-state index in [0.29, 0.717) is 5.88 Å². The Morgan fingerprint density at radius 2 is 1.96 bits per heavy atom. The lowest BCUT2D eigenvalue weighted by molar-refractivity contribution is 0.0692. The standard InChI is InChI=1S/C18H17Cl2FN2O4/c1-23-4-2-10(3-5-23)27-17-14(20)6-11(9-22-17)26-16-8-15(21)12(18(24)25)7-13(16)19/h6-10H,2-5H2,1H3,(H,24,25). The highest BCUT2D eigenvalue weighted by molar-refractivity contribution is 6.32. The Bertz CT molecular complexity index is 857. The van der Waals surface area contributed by atoms with Crippen LogP contribution in [0.15, 0.2) is 24.4 Å². The number of piperidine rings is 1. The predicted molar refractivity (Wildman–Crippen MR) is 98.8 cm³/mol. The van der Waals surface area contributed by atoms with Gasteiger partial charge in [-0.15, -0.1) is 0 Å². The fraction of sp³-hybridized carbons (Fsp3) is 0.333. The Morgan fingerprint density at radius 3 is 2.59 bits per heavy atom. The van der Waals surface area contributed by atoms with Gasteiger partial charge in [-0.2, -0.15) is 0 Å². The summed E-state index contributed by atoms with van der Waals surface area (Å²) in [4.78, 5) is 17.3. The van der Waals surface area contributed by atoms with Crippen LogP contribution in [0.3, 0.4) is 0 Å². The van der Waals surface area contributed by atoms with Crippen molar-refractivity contribution in [2.45, 2.75) is 18.9 Å². The largest absolute Gasteiger partial charge is 0.478 e. The quantitative estimate of drug-likeness (QED) is 0.776. The molecule has 1 aliphatic heterocycles. The first-order valence-electron chi connectivity index (χ1n) is 8.24. The SMILES string of the molecule is CN1CCC(Oc2ncc(Oc3cc(F)c(C(=O)O)cc3Cl)cc2Cl)CC1. The zero-order chi connectivity index (χ0) is 19.6. The van der Waals surface area contributed by atoms with Crippen LogP contribution >= 0.6 is 23.2 Å². The molecule has 1 aliphatic rings. The predicted octanol–water partition coefficient (Wildman–Crippen LogP) is 4.49. The molecule has 1 fully saturated rings. The lowest BCUT2D eigenvalue weighted by Gasteiger charge is -2.29. The summed E-state index contributed by atoms with van der Waals surface area (Å²) >= 11 is 12.2. The van der Waals surface area contributed by atoms with E-state index >= 15 is 0 Å². The van der Waals surface area contributed by atoms with Crippen molar-refractivity contribution in [2.75, 3.05) is 20.1 Å². The number of carbonyl (C=O) groups is 1. The van der Waals surface area contributed by atoms with E-state index in [0.717, 1.165) is 38.1 Å². The molecule has 144 valence electrons. The number of halogens is 3. The number of benzene rings is 1. The van der Waals surface area contributed by atoms with Crippen LogP contribution in [-0.4, -0.2) is 47.2 Å². The second kappa shape index (κ2) is 8.29. The zero-order valence-electron chi connectivity index (χ0n) is 14.4. The van der Waals surface area contributed by atoms with E-state index in [1.165, 1.54) is 12.3 Å². The lowest BCUT2D eigenvalue weighted by Crippen LogP contribution is -2.35. The van der Waals surface area contributed by atoms with Crippen LogP contribution in [0.2, 0.25) is 10.0 Å². The number of pyridine rings is 1. The minimum atomic E-state index is -1.42.